The number of amides is 1. The first-order valence-electron chi connectivity index (χ1n) is 12.7. The molecule has 1 amide bonds. The minimum atomic E-state index is -0.139. The fourth-order valence-electron chi connectivity index (χ4n) is 3.90. The molecule has 0 radical (unpaired) electrons. The zero-order chi connectivity index (χ0) is 25.8. The van der Waals surface area contributed by atoms with Crippen LogP contribution in [0.4, 0.5) is 0 Å². The number of hydrogen-bond donors (Lipinski definition) is 0. The lowest BCUT2D eigenvalue weighted by atomic mass is 10.0. The van der Waals surface area contributed by atoms with Crippen molar-refractivity contribution >= 4 is 11.9 Å². The number of aromatic nitrogens is 1. The SMILES string of the molecule is CCOC(=O)CCCCCOc1cccc(CN(C(=O)c2ccc(-c3cccnc3)cc2)C(C)C)c1. The minimum absolute atomic E-state index is 0.00402. The van der Waals surface area contributed by atoms with Gasteiger partial charge in [0, 0.05) is 37.0 Å². The number of carbonyl (C=O) groups is 2. The van der Waals surface area contributed by atoms with Gasteiger partial charge in [-0.25, -0.2) is 0 Å². The van der Waals surface area contributed by atoms with Gasteiger partial charge in [0.1, 0.15) is 5.75 Å². The first kappa shape index (κ1) is 26.9. The standard InChI is InChI=1S/C30H36N2O4/c1-4-35-29(33)13-6-5-7-19-36-28-12-8-10-24(20-28)22-32(23(2)3)30(34)26-16-14-25(15-17-26)27-11-9-18-31-21-27/h8-12,14-18,20-21,23H,4-7,13,19,22H2,1-3H3. The molecular weight excluding hydrogens is 452 g/mol. The van der Waals surface area contributed by atoms with Gasteiger partial charge in [-0.15, -0.1) is 0 Å². The maximum Gasteiger partial charge on any atom is 0.305 e. The molecule has 1 heterocycles. The van der Waals surface area contributed by atoms with Crippen LogP contribution in [0.25, 0.3) is 11.1 Å². The van der Waals surface area contributed by atoms with Crippen molar-refractivity contribution in [1.82, 2.24) is 9.88 Å². The van der Waals surface area contributed by atoms with E-state index in [4.69, 9.17) is 9.47 Å². The number of rotatable bonds is 13. The molecule has 3 rings (SSSR count). The minimum Gasteiger partial charge on any atom is -0.494 e. The Balaban J connectivity index is 1.55. The van der Waals surface area contributed by atoms with Crippen LogP contribution in [0.3, 0.4) is 0 Å². The molecule has 0 aliphatic carbocycles. The Hall–Kier alpha value is -3.67. The van der Waals surface area contributed by atoms with Crippen LogP contribution in [-0.2, 0) is 16.1 Å². The second-order valence-corrected chi connectivity index (χ2v) is 8.96. The molecule has 0 N–H and O–H groups in total. The van der Waals surface area contributed by atoms with E-state index in [9.17, 15) is 9.59 Å². The monoisotopic (exact) mass is 488 g/mol. The largest absolute Gasteiger partial charge is 0.494 e. The zero-order valence-electron chi connectivity index (χ0n) is 21.5. The highest BCUT2D eigenvalue weighted by Crippen LogP contribution is 2.21. The first-order valence-corrected chi connectivity index (χ1v) is 12.7. The van der Waals surface area contributed by atoms with Crippen LogP contribution in [-0.4, -0.2) is 41.0 Å². The van der Waals surface area contributed by atoms with E-state index in [1.807, 2.05) is 92.5 Å². The predicted octanol–water partition coefficient (Wildman–Crippen LogP) is 6.30. The second kappa shape index (κ2) is 14.0. The molecule has 0 unspecified atom stereocenters. The average molecular weight is 489 g/mol. The normalized spacial score (nSPS) is 10.8. The fourth-order valence-corrected chi connectivity index (χ4v) is 3.90. The first-order chi connectivity index (χ1) is 17.5. The van der Waals surface area contributed by atoms with E-state index in [0.29, 0.717) is 31.7 Å². The number of carbonyl (C=O) groups excluding carboxylic acids is 2. The number of unbranched alkanes of at least 4 members (excludes halogenated alkanes) is 2. The van der Waals surface area contributed by atoms with Crippen molar-refractivity contribution in [2.24, 2.45) is 0 Å². The molecule has 0 aliphatic heterocycles. The Morgan fingerprint density at radius 2 is 1.75 bits per heavy atom. The highest BCUT2D eigenvalue weighted by atomic mass is 16.5. The summed E-state index contributed by atoms with van der Waals surface area (Å²) >= 11 is 0. The van der Waals surface area contributed by atoms with Gasteiger partial charge in [-0.3, -0.25) is 14.6 Å². The quantitative estimate of drug-likeness (QED) is 0.209. The molecule has 0 bridgehead atoms. The summed E-state index contributed by atoms with van der Waals surface area (Å²) in [6.07, 6.45) is 6.60. The molecule has 6 nitrogen and oxygen atoms in total. The molecule has 6 heteroatoms. The lowest BCUT2D eigenvalue weighted by Gasteiger charge is -2.27. The summed E-state index contributed by atoms with van der Waals surface area (Å²) in [5, 5.41) is 0. The van der Waals surface area contributed by atoms with Crippen LogP contribution >= 0.6 is 0 Å². The molecule has 0 fully saturated rings. The molecule has 190 valence electrons. The van der Waals surface area contributed by atoms with E-state index in [-0.39, 0.29) is 17.9 Å². The van der Waals surface area contributed by atoms with Crippen molar-refractivity contribution in [2.75, 3.05) is 13.2 Å². The van der Waals surface area contributed by atoms with E-state index >= 15 is 0 Å². The van der Waals surface area contributed by atoms with Crippen LogP contribution in [0.5, 0.6) is 5.75 Å². The number of esters is 1. The topological polar surface area (TPSA) is 68.7 Å². The van der Waals surface area contributed by atoms with Gasteiger partial charge in [-0.05, 0) is 87.1 Å². The molecule has 36 heavy (non-hydrogen) atoms. The van der Waals surface area contributed by atoms with E-state index in [1.54, 1.807) is 6.20 Å². The molecule has 1 aromatic heterocycles. The summed E-state index contributed by atoms with van der Waals surface area (Å²) in [6, 6.07) is 19.5. The molecule has 0 saturated heterocycles. The number of ether oxygens (including phenoxy) is 2. The van der Waals surface area contributed by atoms with Crippen LogP contribution in [0.1, 0.15) is 62.4 Å². The zero-order valence-corrected chi connectivity index (χ0v) is 21.5. The van der Waals surface area contributed by atoms with Gasteiger partial charge in [0.15, 0.2) is 0 Å². The van der Waals surface area contributed by atoms with Crippen molar-refractivity contribution in [3.05, 3.63) is 84.2 Å². The Labute approximate surface area is 214 Å². The molecule has 0 saturated carbocycles. The maximum atomic E-state index is 13.3. The van der Waals surface area contributed by atoms with Crippen molar-refractivity contribution in [3.63, 3.8) is 0 Å². The lowest BCUT2D eigenvalue weighted by molar-refractivity contribution is -0.143. The summed E-state index contributed by atoms with van der Waals surface area (Å²) in [5.74, 6) is 0.644. The Morgan fingerprint density at radius 1 is 0.944 bits per heavy atom. The third-order valence-electron chi connectivity index (χ3n) is 5.86. The summed E-state index contributed by atoms with van der Waals surface area (Å²) in [7, 11) is 0. The van der Waals surface area contributed by atoms with Gasteiger partial charge in [0.05, 0.1) is 13.2 Å². The third-order valence-corrected chi connectivity index (χ3v) is 5.86. The van der Waals surface area contributed by atoms with Crippen LogP contribution in [0.2, 0.25) is 0 Å². The van der Waals surface area contributed by atoms with Crippen molar-refractivity contribution in [1.29, 1.82) is 0 Å². The molecule has 2 aromatic carbocycles. The van der Waals surface area contributed by atoms with Crippen LogP contribution in [0.15, 0.2) is 73.1 Å². The molecule has 3 aromatic rings. The number of benzene rings is 2. The van der Waals surface area contributed by atoms with Crippen molar-refractivity contribution in [2.45, 2.75) is 59.0 Å². The van der Waals surface area contributed by atoms with Gasteiger partial charge in [-0.1, -0.05) is 30.3 Å². The van der Waals surface area contributed by atoms with E-state index in [0.717, 1.165) is 41.7 Å². The smallest absolute Gasteiger partial charge is 0.305 e. The fraction of sp³-hybridized carbons (Fsp3) is 0.367. The maximum absolute atomic E-state index is 13.3. The van der Waals surface area contributed by atoms with Gasteiger partial charge >= 0.3 is 5.97 Å². The number of nitrogens with zero attached hydrogens (tertiary/aromatic N) is 2. The highest BCUT2D eigenvalue weighted by molar-refractivity contribution is 5.95. The number of hydrogen-bond acceptors (Lipinski definition) is 5. The summed E-state index contributed by atoms with van der Waals surface area (Å²) < 4.78 is 10.9. The van der Waals surface area contributed by atoms with Gasteiger partial charge in [0.25, 0.3) is 5.91 Å². The van der Waals surface area contributed by atoms with Crippen LogP contribution < -0.4 is 4.74 Å². The number of pyridine rings is 1. The van der Waals surface area contributed by atoms with Gasteiger partial charge in [0.2, 0.25) is 0 Å². The highest BCUT2D eigenvalue weighted by Gasteiger charge is 2.19. The third kappa shape index (κ3) is 8.22. The Morgan fingerprint density at radius 3 is 2.44 bits per heavy atom. The Kier molecular flexibility index (Phi) is 10.5. The Bertz CT molecular complexity index is 1100. The molecule has 0 aliphatic rings. The van der Waals surface area contributed by atoms with Crippen LogP contribution in [0, 0.1) is 0 Å². The van der Waals surface area contributed by atoms with Crippen molar-refractivity contribution < 1.29 is 19.1 Å². The molecular formula is C30H36N2O4. The predicted molar refractivity (Wildman–Crippen MR) is 142 cm³/mol. The molecule has 0 atom stereocenters. The van der Waals surface area contributed by atoms with Gasteiger partial charge < -0.3 is 14.4 Å². The van der Waals surface area contributed by atoms with Gasteiger partial charge in [-0.2, -0.15) is 0 Å². The average Bonchev–Trinajstić information content (AvgIpc) is 2.90. The summed E-state index contributed by atoms with van der Waals surface area (Å²) in [4.78, 5) is 30.8. The van der Waals surface area contributed by atoms with E-state index < -0.39 is 0 Å². The van der Waals surface area contributed by atoms with E-state index in [2.05, 4.69) is 4.98 Å². The lowest BCUT2D eigenvalue weighted by Crippen LogP contribution is -2.36. The molecule has 0 spiro atoms. The van der Waals surface area contributed by atoms with E-state index in [1.165, 1.54) is 0 Å². The van der Waals surface area contributed by atoms with Crippen molar-refractivity contribution in [3.8, 4) is 16.9 Å². The summed E-state index contributed by atoms with van der Waals surface area (Å²) in [5.41, 5.74) is 3.73. The summed E-state index contributed by atoms with van der Waals surface area (Å²) in [6.45, 7) is 7.38. The second-order valence-electron chi connectivity index (χ2n) is 8.96.